The lowest BCUT2D eigenvalue weighted by molar-refractivity contribution is 0.0954. The molecule has 0 spiro atoms. The zero-order chi connectivity index (χ0) is 18.8. The normalized spacial score (nSPS) is 10.7. The molecular weight excluding hydrogens is 482 g/mol. The summed E-state index contributed by atoms with van der Waals surface area (Å²) >= 11 is 5.81. The molecule has 2 aromatic carbocycles. The average Bonchev–Trinajstić information content (AvgIpc) is 2.64. The fourth-order valence-electron chi connectivity index (χ4n) is 2.16. The lowest BCUT2D eigenvalue weighted by Gasteiger charge is -2.12. The number of guanidine groups is 1. The van der Waals surface area contributed by atoms with Crippen LogP contribution in [-0.2, 0) is 6.54 Å². The number of carbonyl (C=O) groups is 1. The van der Waals surface area contributed by atoms with Gasteiger partial charge in [-0.3, -0.25) is 4.79 Å². The van der Waals surface area contributed by atoms with E-state index in [0.717, 1.165) is 5.56 Å². The number of nitrogens with one attached hydrogen (secondary N) is 3. The van der Waals surface area contributed by atoms with Gasteiger partial charge in [-0.2, -0.15) is 0 Å². The van der Waals surface area contributed by atoms with Gasteiger partial charge in [-0.25, -0.2) is 9.38 Å². The van der Waals surface area contributed by atoms with Crippen LogP contribution in [0.25, 0.3) is 0 Å². The molecule has 146 valence electrons. The van der Waals surface area contributed by atoms with Gasteiger partial charge in [0.1, 0.15) is 5.82 Å². The molecule has 5 nitrogen and oxygen atoms in total. The summed E-state index contributed by atoms with van der Waals surface area (Å²) < 4.78 is 12.9. The van der Waals surface area contributed by atoms with Crippen LogP contribution in [0.5, 0.6) is 0 Å². The standard InChI is InChI=1S/C19H22ClFN4O.HI/c1-2-22-19(25-13-14-3-9-17(21)10-4-14)24-12-11-23-18(26)15-5-7-16(20)8-6-15;/h3-10H,2,11-13H2,1H3,(H,23,26)(H2,22,24,25);1H. The van der Waals surface area contributed by atoms with Gasteiger partial charge >= 0.3 is 0 Å². The maximum atomic E-state index is 12.9. The van der Waals surface area contributed by atoms with Gasteiger partial charge in [-0.05, 0) is 48.9 Å². The third-order valence-electron chi connectivity index (χ3n) is 3.49. The highest BCUT2D eigenvalue weighted by molar-refractivity contribution is 14.0. The molecule has 0 unspecified atom stereocenters. The minimum Gasteiger partial charge on any atom is -0.357 e. The molecule has 0 bridgehead atoms. The van der Waals surface area contributed by atoms with Crippen LogP contribution in [0.2, 0.25) is 5.02 Å². The highest BCUT2D eigenvalue weighted by atomic mass is 127. The van der Waals surface area contributed by atoms with Gasteiger partial charge in [0, 0.05) is 30.2 Å². The van der Waals surface area contributed by atoms with Crippen molar-refractivity contribution in [2.75, 3.05) is 19.6 Å². The zero-order valence-electron chi connectivity index (χ0n) is 15.0. The second-order valence-electron chi connectivity index (χ2n) is 5.51. The Morgan fingerprint density at radius 2 is 1.63 bits per heavy atom. The lowest BCUT2D eigenvalue weighted by atomic mass is 10.2. The number of hydrogen-bond acceptors (Lipinski definition) is 2. The fraction of sp³-hybridized carbons (Fsp3) is 0.263. The monoisotopic (exact) mass is 504 g/mol. The average molecular weight is 505 g/mol. The summed E-state index contributed by atoms with van der Waals surface area (Å²) in [7, 11) is 0. The third kappa shape index (κ3) is 8.57. The van der Waals surface area contributed by atoms with Crippen LogP contribution in [0.15, 0.2) is 53.5 Å². The van der Waals surface area contributed by atoms with Crippen LogP contribution < -0.4 is 16.0 Å². The quantitative estimate of drug-likeness (QED) is 0.234. The minimum absolute atomic E-state index is 0. The molecule has 2 rings (SSSR count). The highest BCUT2D eigenvalue weighted by Gasteiger charge is 2.04. The summed E-state index contributed by atoms with van der Waals surface area (Å²) in [5.41, 5.74) is 1.48. The third-order valence-corrected chi connectivity index (χ3v) is 3.74. The maximum Gasteiger partial charge on any atom is 0.251 e. The first kappa shape index (κ1) is 23.2. The summed E-state index contributed by atoms with van der Waals surface area (Å²) in [6.45, 7) is 4.09. The minimum atomic E-state index is -0.265. The van der Waals surface area contributed by atoms with Crippen molar-refractivity contribution in [2.24, 2.45) is 4.99 Å². The van der Waals surface area contributed by atoms with E-state index in [1.54, 1.807) is 36.4 Å². The molecule has 0 heterocycles. The van der Waals surface area contributed by atoms with Gasteiger partial charge < -0.3 is 16.0 Å². The van der Waals surface area contributed by atoms with Crippen molar-refractivity contribution >= 4 is 47.4 Å². The van der Waals surface area contributed by atoms with Crippen molar-refractivity contribution in [2.45, 2.75) is 13.5 Å². The molecule has 0 aliphatic rings. The van der Waals surface area contributed by atoms with Crippen LogP contribution in [0.1, 0.15) is 22.8 Å². The molecule has 0 saturated carbocycles. The summed E-state index contributed by atoms with van der Waals surface area (Å²) in [6.07, 6.45) is 0. The molecule has 0 saturated heterocycles. The molecular formula is C19H23ClFIN4O. The van der Waals surface area contributed by atoms with Crippen molar-refractivity contribution in [3.8, 4) is 0 Å². The molecule has 0 aliphatic heterocycles. The molecule has 0 aliphatic carbocycles. The maximum absolute atomic E-state index is 12.9. The van der Waals surface area contributed by atoms with Crippen LogP contribution in [0, 0.1) is 5.82 Å². The fourth-order valence-corrected chi connectivity index (χ4v) is 2.29. The summed E-state index contributed by atoms with van der Waals surface area (Å²) in [5.74, 6) is 0.216. The van der Waals surface area contributed by atoms with Crippen LogP contribution in [0.4, 0.5) is 4.39 Å². The van der Waals surface area contributed by atoms with Gasteiger partial charge in [0.25, 0.3) is 5.91 Å². The van der Waals surface area contributed by atoms with Gasteiger partial charge in [0.2, 0.25) is 0 Å². The number of amides is 1. The second-order valence-corrected chi connectivity index (χ2v) is 5.95. The van der Waals surface area contributed by atoms with E-state index < -0.39 is 0 Å². The van der Waals surface area contributed by atoms with Gasteiger partial charge in [0.15, 0.2) is 5.96 Å². The van der Waals surface area contributed by atoms with Crippen LogP contribution in [-0.4, -0.2) is 31.5 Å². The number of nitrogens with zero attached hydrogens (tertiary/aromatic N) is 1. The number of carbonyl (C=O) groups excluding carboxylic acids is 1. The number of aliphatic imine (C=N–C) groups is 1. The van der Waals surface area contributed by atoms with E-state index in [9.17, 15) is 9.18 Å². The Hall–Kier alpha value is -1.87. The molecule has 0 atom stereocenters. The number of halogens is 3. The summed E-state index contributed by atoms with van der Waals surface area (Å²) in [5, 5.41) is 9.70. The highest BCUT2D eigenvalue weighted by Crippen LogP contribution is 2.09. The predicted molar refractivity (Wildman–Crippen MR) is 118 cm³/mol. The van der Waals surface area contributed by atoms with Gasteiger partial charge in [-0.15, -0.1) is 24.0 Å². The van der Waals surface area contributed by atoms with Crippen molar-refractivity contribution in [3.63, 3.8) is 0 Å². The van der Waals surface area contributed by atoms with Crippen molar-refractivity contribution in [1.29, 1.82) is 0 Å². The van der Waals surface area contributed by atoms with E-state index in [2.05, 4.69) is 20.9 Å². The number of benzene rings is 2. The van der Waals surface area contributed by atoms with Gasteiger partial charge in [-0.1, -0.05) is 23.7 Å². The molecule has 8 heteroatoms. The first-order valence-electron chi connectivity index (χ1n) is 8.39. The van der Waals surface area contributed by atoms with Crippen LogP contribution in [0.3, 0.4) is 0 Å². The zero-order valence-corrected chi connectivity index (χ0v) is 18.1. The summed E-state index contributed by atoms with van der Waals surface area (Å²) in [6, 6.07) is 13.0. The van der Waals surface area contributed by atoms with Crippen molar-refractivity contribution < 1.29 is 9.18 Å². The smallest absolute Gasteiger partial charge is 0.251 e. The second kappa shape index (κ2) is 12.5. The molecule has 0 fully saturated rings. The number of hydrogen-bond donors (Lipinski definition) is 3. The van der Waals surface area contributed by atoms with E-state index in [0.29, 0.717) is 42.7 Å². The Balaban J connectivity index is 0.00000364. The van der Waals surface area contributed by atoms with Crippen LogP contribution >= 0.6 is 35.6 Å². The first-order chi connectivity index (χ1) is 12.6. The summed E-state index contributed by atoms with van der Waals surface area (Å²) in [4.78, 5) is 16.4. The predicted octanol–water partition coefficient (Wildman–Crippen LogP) is 3.58. The molecule has 0 radical (unpaired) electrons. The van der Waals surface area contributed by atoms with E-state index in [4.69, 9.17) is 11.6 Å². The van der Waals surface area contributed by atoms with Gasteiger partial charge in [0.05, 0.1) is 6.54 Å². The largest absolute Gasteiger partial charge is 0.357 e. The van der Waals surface area contributed by atoms with E-state index in [1.165, 1.54) is 12.1 Å². The lowest BCUT2D eigenvalue weighted by Crippen LogP contribution is -2.41. The first-order valence-corrected chi connectivity index (χ1v) is 8.76. The van der Waals surface area contributed by atoms with E-state index in [1.807, 2.05) is 6.92 Å². The molecule has 1 amide bonds. The van der Waals surface area contributed by atoms with E-state index in [-0.39, 0.29) is 35.7 Å². The van der Waals surface area contributed by atoms with Crippen molar-refractivity contribution in [1.82, 2.24) is 16.0 Å². The Kier molecular flexibility index (Phi) is 10.7. The molecule has 0 aromatic heterocycles. The molecule has 3 N–H and O–H groups in total. The van der Waals surface area contributed by atoms with Crippen molar-refractivity contribution in [3.05, 3.63) is 70.5 Å². The number of rotatable bonds is 7. The Morgan fingerprint density at radius 1 is 1.00 bits per heavy atom. The topological polar surface area (TPSA) is 65.5 Å². The molecule has 2 aromatic rings. The van der Waals surface area contributed by atoms with E-state index >= 15 is 0 Å². The molecule has 27 heavy (non-hydrogen) atoms. The Morgan fingerprint density at radius 3 is 2.26 bits per heavy atom. The SMILES string of the molecule is CCNC(=NCc1ccc(F)cc1)NCCNC(=O)c1ccc(Cl)cc1.I. The Labute approximate surface area is 180 Å². The Bertz CT molecular complexity index is 738.